The van der Waals surface area contributed by atoms with Crippen molar-refractivity contribution in [3.63, 3.8) is 0 Å². The zero-order valence-electron chi connectivity index (χ0n) is 13.4. The summed E-state index contributed by atoms with van der Waals surface area (Å²) in [6, 6.07) is 0.753. The average Bonchev–Trinajstić information content (AvgIpc) is 2.47. The van der Waals surface area contributed by atoms with Crippen LogP contribution in [-0.2, 0) is 4.74 Å². The van der Waals surface area contributed by atoms with Crippen molar-refractivity contribution >= 4 is 0 Å². The van der Waals surface area contributed by atoms with Crippen LogP contribution in [0, 0.1) is 5.92 Å². The van der Waals surface area contributed by atoms with E-state index < -0.39 is 0 Å². The SMILES string of the molecule is CC(C)CNCC1CCCCN1CCN1CCOCC1. The van der Waals surface area contributed by atoms with E-state index in [1.54, 1.807) is 0 Å². The lowest BCUT2D eigenvalue weighted by molar-refractivity contribution is 0.0283. The van der Waals surface area contributed by atoms with Gasteiger partial charge < -0.3 is 10.1 Å². The summed E-state index contributed by atoms with van der Waals surface area (Å²) >= 11 is 0. The van der Waals surface area contributed by atoms with Crippen LogP contribution >= 0.6 is 0 Å². The van der Waals surface area contributed by atoms with E-state index >= 15 is 0 Å². The first-order chi connectivity index (χ1) is 9.75. The quantitative estimate of drug-likeness (QED) is 0.765. The molecule has 0 aliphatic carbocycles. The molecule has 1 N–H and O–H groups in total. The van der Waals surface area contributed by atoms with Crippen LogP contribution in [0.5, 0.6) is 0 Å². The number of hydrogen-bond acceptors (Lipinski definition) is 4. The highest BCUT2D eigenvalue weighted by Gasteiger charge is 2.22. The van der Waals surface area contributed by atoms with Crippen LogP contribution in [0.1, 0.15) is 33.1 Å². The average molecular weight is 283 g/mol. The molecule has 0 radical (unpaired) electrons. The van der Waals surface area contributed by atoms with Gasteiger partial charge in [-0.1, -0.05) is 20.3 Å². The Morgan fingerprint density at radius 1 is 1.10 bits per heavy atom. The molecule has 0 amide bonds. The predicted octanol–water partition coefficient (Wildman–Crippen LogP) is 1.42. The van der Waals surface area contributed by atoms with E-state index in [0.29, 0.717) is 0 Å². The molecule has 4 nitrogen and oxygen atoms in total. The molecule has 1 unspecified atom stereocenters. The second-order valence-corrected chi connectivity index (χ2v) is 6.69. The summed E-state index contributed by atoms with van der Waals surface area (Å²) in [7, 11) is 0. The van der Waals surface area contributed by atoms with Crippen molar-refractivity contribution in [2.75, 3.05) is 59.0 Å². The molecule has 0 aromatic rings. The third-order valence-electron chi connectivity index (χ3n) is 4.49. The van der Waals surface area contributed by atoms with Crippen LogP contribution in [0.4, 0.5) is 0 Å². The zero-order chi connectivity index (χ0) is 14.2. The van der Waals surface area contributed by atoms with Gasteiger partial charge in [0.15, 0.2) is 0 Å². The Balaban J connectivity index is 1.68. The number of morpholine rings is 1. The van der Waals surface area contributed by atoms with Crippen LogP contribution < -0.4 is 5.32 Å². The third-order valence-corrected chi connectivity index (χ3v) is 4.49. The van der Waals surface area contributed by atoms with Crippen molar-refractivity contribution in [3.05, 3.63) is 0 Å². The maximum atomic E-state index is 5.42. The zero-order valence-corrected chi connectivity index (χ0v) is 13.4. The Hall–Kier alpha value is -0.160. The molecule has 2 heterocycles. The van der Waals surface area contributed by atoms with Gasteiger partial charge in [0.2, 0.25) is 0 Å². The first-order valence-corrected chi connectivity index (χ1v) is 8.50. The van der Waals surface area contributed by atoms with E-state index in [0.717, 1.165) is 44.8 Å². The van der Waals surface area contributed by atoms with Gasteiger partial charge in [-0.05, 0) is 31.8 Å². The molecular formula is C16H33N3O. The van der Waals surface area contributed by atoms with Crippen molar-refractivity contribution in [1.29, 1.82) is 0 Å². The molecule has 0 aromatic carbocycles. The number of piperidine rings is 1. The maximum Gasteiger partial charge on any atom is 0.0594 e. The van der Waals surface area contributed by atoms with Crippen LogP contribution in [0.3, 0.4) is 0 Å². The minimum Gasteiger partial charge on any atom is -0.379 e. The summed E-state index contributed by atoms with van der Waals surface area (Å²) in [4.78, 5) is 5.27. The van der Waals surface area contributed by atoms with Gasteiger partial charge in [-0.3, -0.25) is 9.80 Å². The number of hydrogen-bond donors (Lipinski definition) is 1. The van der Waals surface area contributed by atoms with Crippen molar-refractivity contribution in [2.45, 2.75) is 39.2 Å². The van der Waals surface area contributed by atoms with Crippen molar-refractivity contribution in [1.82, 2.24) is 15.1 Å². The minimum atomic E-state index is 0.750. The van der Waals surface area contributed by atoms with E-state index in [1.165, 1.54) is 45.4 Å². The normalized spacial score (nSPS) is 26.2. The van der Waals surface area contributed by atoms with Gasteiger partial charge in [-0.2, -0.15) is 0 Å². The highest BCUT2D eigenvalue weighted by atomic mass is 16.5. The van der Waals surface area contributed by atoms with Crippen LogP contribution in [0.15, 0.2) is 0 Å². The second-order valence-electron chi connectivity index (χ2n) is 6.69. The highest BCUT2D eigenvalue weighted by molar-refractivity contribution is 4.80. The van der Waals surface area contributed by atoms with E-state index in [9.17, 15) is 0 Å². The summed E-state index contributed by atoms with van der Waals surface area (Å²) in [5, 5.41) is 3.65. The fourth-order valence-electron chi connectivity index (χ4n) is 3.22. The van der Waals surface area contributed by atoms with Gasteiger partial charge in [0.25, 0.3) is 0 Å². The summed E-state index contributed by atoms with van der Waals surface area (Å²) in [5.41, 5.74) is 0. The lowest BCUT2D eigenvalue weighted by atomic mass is 10.0. The van der Waals surface area contributed by atoms with Crippen LogP contribution in [0.2, 0.25) is 0 Å². The van der Waals surface area contributed by atoms with Crippen molar-refractivity contribution in [3.8, 4) is 0 Å². The largest absolute Gasteiger partial charge is 0.379 e. The third kappa shape index (κ3) is 5.68. The summed E-state index contributed by atoms with van der Waals surface area (Å²) in [5.74, 6) is 0.750. The first-order valence-electron chi connectivity index (χ1n) is 8.50. The number of nitrogens with zero attached hydrogens (tertiary/aromatic N) is 2. The molecule has 2 aliphatic rings. The molecule has 118 valence electrons. The maximum absolute atomic E-state index is 5.42. The Morgan fingerprint density at radius 3 is 2.65 bits per heavy atom. The summed E-state index contributed by atoms with van der Waals surface area (Å²) < 4.78 is 5.42. The Kier molecular flexibility index (Phi) is 7.28. The van der Waals surface area contributed by atoms with Crippen molar-refractivity contribution < 1.29 is 4.74 Å². The standard InChI is InChI=1S/C16H33N3O/c1-15(2)13-17-14-16-5-3-4-6-19(16)8-7-18-9-11-20-12-10-18/h15-17H,3-14H2,1-2H3. The molecule has 2 saturated heterocycles. The fraction of sp³-hybridized carbons (Fsp3) is 1.00. The molecule has 0 saturated carbocycles. The Bertz CT molecular complexity index is 254. The van der Waals surface area contributed by atoms with Gasteiger partial charge >= 0.3 is 0 Å². The van der Waals surface area contributed by atoms with Gasteiger partial charge in [0, 0.05) is 38.8 Å². The minimum absolute atomic E-state index is 0.750. The summed E-state index contributed by atoms with van der Waals surface area (Å²) in [6.07, 6.45) is 4.15. The first kappa shape index (κ1) is 16.2. The summed E-state index contributed by atoms with van der Waals surface area (Å²) in [6.45, 7) is 14.7. The molecule has 1 atom stereocenters. The molecular weight excluding hydrogens is 250 g/mol. The van der Waals surface area contributed by atoms with Crippen LogP contribution in [0.25, 0.3) is 0 Å². The van der Waals surface area contributed by atoms with Crippen molar-refractivity contribution in [2.24, 2.45) is 5.92 Å². The van der Waals surface area contributed by atoms with Gasteiger partial charge in [0.1, 0.15) is 0 Å². The second kappa shape index (κ2) is 8.98. The fourth-order valence-corrected chi connectivity index (χ4v) is 3.22. The predicted molar refractivity (Wildman–Crippen MR) is 84.2 cm³/mol. The molecule has 0 aromatic heterocycles. The molecule has 4 heteroatoms. The smallest absolute Gasteiger partial charge is 0.0594 e. The van der Waals surface area contributed by atoms with Gasteiger partial charge in [-0.25, -0.2) is 0 Å². The molecule has 20 heavy (non-hydrogen) atoms. The van der Waals surface area contributed by atoms with Gasteiger partial charge in [-0.15, -0.1) is 0 Å². The lowest BCUT2D eigenvalue weighted by Crippen LogP contribution is -2.49. The highest BCUT2D eigenvalue weighted by Crippen LogP contribution is 2.16. The molecule has 2 rings (SSSR count). The number of likely N-dealkylation sites (tertiary alicyclic amines) is 1. The monoisotopic (exact) mass is 283 g/mol. The molecule has 2 aliphatic heterocycles. The topological polar surface area (TPSA) is 27.7 Å². The molecule has 0 bridgehead atoms. The molecule has 2 fully saturated rings. The molecule has 0 spiro atoms. The number of nitrogens with one attached hydrogen (secondary N) is 1. The Labute approximate surface area is 124 Å². The van der Waals surface area contributed by atoms with E-state index in [4.69, 9.17) is 4.74 Å². The number of rotatable bonds is 7. The van der Waals surface area contributed by atoms with E-state index in [1.807, 2.05) is 0 Å². The Morgan fingerprint density at radius 2 is 1.90 bits per heavy atom. The van der Waals surface area contributed by atoms with E-state index in [-0.39, 0.29) is 0 Å². The van der Waals surface area contributed by atoms with Crippen LogP contribution in [-0.4, -0.2) is 74.9 Å². The van der Waals surface area contributed by atoms with E-state index in [2.05, 4.69) is 29.0 Å². The lowest BCUT2D eigenvalue weighted by Gasteiger charge is -2.38. The van der Waals surface area contributed by atoms with Gasteiger partial charge in [0.05, 0.1) is 13.2 Å². The number of ether oxygens (including phenoxy) is 1.